The van der Waals surface area contributed by atoms with Gasteiger partial charge in [-0.1, -0.05) is 54.4 Å². The summed E-state index contributed by atoms with van der Waals surface area (Å²) in [5, 5.41) is 0. The molecule has 0 heterocycles. The predicted molar refractivity (Wildman–Crippen MR) is 138 cm³/mol. The monoisotopic (exact) mass is 475 g/mol. The van der Waals surface area contributed by atoms with E-state index in [-0.39, 0.29) is 5.91 Å². The summed E-state index contributed by atoms with van der Waals surface area (Å²) >= 11 is 0. The minimum absolute atomic E-state index is 0.153. The number of rotatable bonds is 8. The van der Waals surface area contributed by atoms with Gasteiger partial charge >= 0.3 is 0 Å². The van der Waals surface area contributed by atoms with Crippen molar-refractivity contribution in [2.45, 2.75) is 105 Å². The fourth-order valence-electron chi connectivity index (χ4n) is 10.8. The summed E-state index contributed by atoms with van der Waals surface area (Å²) in [6, 6.07) is 0. The van der Waals surface area contributed by atoms with Crippen molar-refractivity contribution in [3.05, 3.63) is 0 Å². The molecular weight excluding hydrogens is 422 g/mol. The Hall–Kier alpha value is -0.610. The Kier molecular flexibility index (Phi) is 7.81. The second kappa shape index (κ2) is 10.0. The summed E-state index contributed by atoms with van der Waals surface area (Å²) in [5.74, 6) is 6.09. The molecule has 34 heavy (non-hydrogen) atoms. The van der Waals surface area contributed by atoms with Crippen molar-refractivity contribution in [3.63, 3.8) is 0 Å². The van der Waals surface area contributed by atoms with E-state index in [4.69, 9.17) is 15.2 Å². The minimum Gasteiger partial charge on any atom is -0.370 e. The van der Waals surface area contributed by atoms with Crippen LogP contribution in [0.15, 0.2) is 0 Å². The van der Waals surface area contributed by atoms with Crippen LogP contribution in [0.25, 0.3) is 0 Å². The maximum Gasteiger partial charge on any atom is 0.217 e. The molecule has 4 fully saturated rings. The van der Waals surface area contributed by atoms with Crippen LogP contribution in [0.3, 0.4) is 0 Å². The molecule has 0 aromatic rings. The third-order valence-electron chi connectivity index (χ3n) is 11.9. The number of nitrogens with two attached hydrogens (primary N) is 1. The smallest absolute Gasteiger partial charge is 0.217 e. The standard InChI is InChI=1S/C30H53NO3/c1-8-21-24-15-18(2)13-14-29(24,5)27-20(4)16-30(6)22(19(3)9-12-25(31)32)10-11-23(30)26(27)28(21)34-17-33-7/h18-24,26-28H,8-17H2,1-7H3,(H2,31,32)/t18-,19-,20?,21-,22-,23?,24+,26?,27?,28?,29+,30-/m1/s1. The topological polar surface area (TPSA) is 61.6 Å². The van der Waals surface area contributed by atoms with Crippen LogP contribution in [-0.2, 0) is 14.3 Å². The minimum atomic E-state index is -0.153. The third-order valence-corrected chi connectivity index (χ3v) is 11.9. The van der Waals surface area contributed by atoms with Crippen molar-refractivity contribution in [1.29, 1.82) is 0 Å². The fourth-order valence-corrected chi connectivity index (χ4v) is 10.8. The van der Waals surface area contributed by atoms with Crippen LogP contribution >= 0.6 is 0 Å². The van der Waals surface area contributed by atoms with Crippen LogP contribution in [0.4, 0.5) is 0 Å². The van der Waals surface area contributed by atoms with Gasteiger partial charge in [-0.05, 0) is 103 Å². The molecule has 0 saturated heterocycles. The maximum absolute atomic E-state index is 11.5. The molecule has 2 N–H and O–H groups in total. The lowest BCUT2D eigenvalue weighted by Gasteiger charge is -2.67. The molecule has 4 rings (SSSR count). The Bertz CT molecular complexity index is 726. The number of methoxy groups -OCH3 is 1. The van der Waals surface area contributed by atoms with Gasteiger partial charge in [0.2, 0.25) is 5.91 Å². The van der Waals surface area contributed by atoms with Gasteiger partial charge in [-0.15, -0.1) is 0 Å². The number of hydrogen-bond acceptors (Lipinski definition) is 3. The van der Waals surface area contributed by atoms with Gasteiger partial charge in [-0.25, -0.2) is 0 Å². The Labute approximate surface area is 209 Å². The van der Waals surface area contributed by atoms with Crippen molar-refractivity contribution >= 4 is 5.91 Å². The quantitative estimate of drug-likeness (QED) is 0.399. The van der Waals surface area contributed by atoms with E-state index in [0.29, 0.717) is 65.7 Å². The van der Waals surface area contributed by atoms with E-state index in [1.165, 1.54) is 44.9 Å². The lowest BCUT2D eigenvalue weighted by molar-refractivity contribution is -0.244. The van der Waals surface area contributed by atoms with Crippen LogP contribution in [0.2, 0.25) is 0 Å². The Morgan fingerprint density at radius 2 is 1.85 bits per heavy atom. The molecule has 4 saturated carbocycles. The van der Waals surface area contributed by atoms with Crippen LogP contribution in [0.5, 0.6) is 0 Å². The van der Waals surface area contributed by atoms with Crippen LogP contribution < -0.4 is 5.73 Å². The molecule has 196 valence electrons. The van der Waals surface area contributed by atoms with E-state index in [0.717, 1.165) is 24.2 Å². The second-order valence-electron chi connectivity index (χ2n) is 13.7. The summed E-state index contributed by atoms with van der Waals surface area (Å²) in [7, 11) is 1.77. The van der Waals surface area contributed by atoms with Gasteiger partial charge in [0, 0.05) is 13.5 Å². The second-order valence-corrected chi connectivity index (χ2v) is 13.7. The first-order chi connectivity index (χ1) is 16.1. The third kappa shape index (κ3) is 4.27. The SMILES string of the molecule is CC[C@H]1C(OCOC)C2C3CC[C@H]([C@H](C)CCC(N)=O)[C@@]3(C)CC(C)C2[C@@]2(C)CC[C@@H](C)C[C@@H]12. The average Bonchev–Trinajstić information content (AvgIpc) is 3.12. The molecule has 12 atom stereocenters. The predicted octanol–water partition coefficient (Wildman–Crippen LogP) is 6.66. The van der Waals surface area contributed by atoms with Crippen LogP contribution in [0.1, 0.15) is 99.3 Å². The van der Waals surface area contributed by atoms with E-state index >= 15 is 0 Å². The highest BCUT2D eigenvalue weighted by Crippen LogP contribution is 2.71. The number of fused-ring (bicyclic) bond motifs is 5. The average molecular weight is 476 g/mol. The first-order valence-corrected chi connectivity index (χ1v) is 14.5. The van der Waals surface area contributed by atoms with Crippen LogP contribution in [-0.4, -0.2) is 25.9 Å². The van der Waals surface area contributed by atoms with Gasteiger partial charge in [0.05, 0.1) is 6.10 Å². The van der Waals surface area contributed by atoms with Crippen LogP contribution in [0, 0.1) is 64.1 Å². The molecule has 0 radical (unpaired) electrons. The normalized spacial score (nSPS) is 49.1. The summed E-state index contributed by atoms with van der Waals surface area (Å²) in [4.78, 5) is 11.5. The molecule has 0 spiro atoms. The van der Waals surface area contributed by atoms with E-state index in [1.807, 2.05) is 0 Å². The first kappa shape index (κ1) is 26.5. The number of carbonyl (C=O) groups excluding carboxylic acids is 1. The number of amides is 1. The van der Waals surface area contributed by atoms with Gasteiger partial charge in [0.25, 0.3) is 0 Å². The van der Waals surface area contributed by atoms with Crippen molar-refractivity contribution in [2.75, 3.05) is 13.9 Å². The lowest BCUT2D eigenvalue weighted by atomic mass is 9.39. The molecule has 4 aliphatic rings. The highest BCUT2D eigenvalue weighted by atomic mass is 16.7. The molecule has 4 nitrogen and oxygen atoms in total. The fraction of sp³-hybridized carbons (Fsp3) is 0.967. The maximum atomic E-state index is 11.5. The molecule has 1 amide bonds. The Morgan fingerprint density at radius 1 is 1.12 bits per heavy atom. The molecule has 0 bridgehead atoms. The summed E-state index contributed by atoms with van der Waals surface area (Å²) in [6.45, 7) is 15.5. The lowest BCUT2D eigenvalue weighted by Crippen LogP contribution is -2.64. The number of hydrogen-bond donors (Lipinski definition) is 1. The molecule has 4 aliphatic carbocycles. The van der Waals surface area contributed by atoms with Crippen molar-refractivity contribution in [3.8, 4) is 0 Å². The van der Waals surface area contributed by atoms with Crippen molar-refractivity contribution in [1.82, 2.24) is 0 Å². The number of ether oxygens (including phenoxy) is 2. The first-order valence-electron chi connectivity index (χ1n) is 14.5. The zero-order valence-corrected chi connectivity index (χ0v) is 23.1. The Balaban J connectivity index is 1.71. The van der Waals surface area contributed by atoms with Gasteiger partial charge < -0.3 is 15.2 Å². The Morgan fingerprint density at radius 3 is 2.50 bits per heavy atom. The van der Waals surface area contributed by atoms with Gasteiger partial charge in [-0.2, -0.15) is 0 Å². The van der Waals surface area contributed by atoms with Gasteiger partial charge in [0.1, 0.15) is 6.79 Å². The van der Waals surface area contributed by atoms with E-state index in [1.54, 1.807) is 7.11 Å². The zero-order valence-electron chi connectivity index (χ0n) is 23.1. The number of carbonyl (C=O) groups is 1. The molecule has 0 aromatic carbocycles. The molecule has 5 unspecified atom stereocenters. The van der Waals surface area contributed by atoms with E-state index in [9.17, 15) is 4.79 Å². The van der Waals surface area contributed by atoms with E-state index < -0.39 is 0 Å². The zero-order chi connectivity index (χ0) is 24.8. The molecular formula is C30H53NO3. The van der Waals surface area contributed by atoms with E-state index in [2.05, 4.69) is 41.5 Å². The molecule has 0 aromatic heterocycles. The van der Waals surface area contributed by atoms with Crippen molar-refractivity contribution < 1.29 is 14.3 Å². The summed E-state index contributed by atoms with van der Waals surface area (Å²) in [6.07, 6.45) is 11.1. The highest BCUT2D eigenvalue weighted by molar-refractivity contribution is 5.73. The highest BCUT2D eigenvalue weighted by Gasteiger charge is 2.66. The summed E-state index contributed by atoms with van der Waals surface area (Å²) < 4.78 is 12.2. The van der Waals surface area contributed by atoms with Gasteiger partial charge in [0.15, 0.2) is 0 Å². The number of primary amides is 1. The van der Waals surface area contributed by atoms with Crippen molar-refractivity contribution in [2.24, 2.45) is 69.8 Å². The molecule has 0 aliphatic heterocycles. The summed E-state index contributed by atoms with van der Waals surface area (Å²) in [5.41, 5.74) is 6.29. The molecule has 4 heteroatoms. The largest absolute Gasteiger partial charge is 0.370 e. The van der Waals surface area contributed by atoms with Gasteiger partial charge in [-0.3, -0.25) is 4.79 Å².